The highest BCUT2D eigenvalue weighted by atomic mass is 35.5. The molecule has 0 aromatic carbocycles. The third kappa shape index (κ3) is 2.34. The average Bonchev–Trinajstić information content (AvgIpc) is 2.54. The van der Waals surface area contributed by atoms with E-state index >= 15 is 0 Å². The summed E-state index contributed by atoms with van der Waals surface area (Å²) in [6.07, 6.45) is 1.12. The van der Waals surface area contributed by atoms with Crippen molar-refractivity contribution in [1.82, 2.24) is 9.78 Å². The topological polar surface area (TPSA) is 21.1 Å². The molecular weight excluding hydrogens is 222 g/mol. The minimum absolute atomic E-state index is 0.516. The second-order valence-corrected chi connectivity index (χ2v) is 4.46. The van der Waals surface area contributed by atoms with Gasteiger partial charge in [0, 0.05) is 25.2 Å². The molecule has 0 spiro atoms. The van der Waals surface area contributed by atoms with Gasteiger partial charge in [0.15, 0.2) is 0 Å². The summed E-state index contributed by atoms with van der Waals surface area (Å²) in [5.74, 6) is 1.70. The van der Waals surface area contributed by atoms with Crippen LogP contribution in [-0.4, -0.2) is 22.4 Å². The highest BCUT2D eigenvalue weighted by molar-refractivity contribution is 6.17. The molecule has 16 heavy (non-hydrogen) atoms. The Labute approximate surface area is 103 Å². The first-order chi connectivity index (χ1) is 7.56. The van der Waals surface area contributed by atoms with Gasteiger partial charge in [-0.15, -0.1) is 11.6 Å². The SMILES string of the molecule is CCC(C)N(CC)c1c(CCl)c(C)nn1C. The quantitative estimate of drug-likeness (QED) is 0.741. The van der Waals surface area contributed by atoms with Crippen molar-refractivity contribution in [2.75, 3.05) is 11.4 Å². The smallest absolute Gasteiger partial charge is 0.131 e. The van der Waals surface area contributed by atoms with E-state index in [4.69, 9.17) is 11.6 Å². The Morgan fingerprint density at radius 1 is 1.44 bits per heavy atom. The molecule has 1 unspecified atom stereocenters. The van der Waals surface area contributed by atoms with E-state index < -0.39 is 0 Å². The van der Waals surface area contributed by atoms with E-state index in [9.17, 15) is 0 Å². The summed E-state index contributed by atoms with van der Waals surface area (Å²) < 4.78 is 1.95. The third-order valence-electron chi connectivity index (χ3n) is 3.18. The van der Waals surface area contributed by atoms with Crippen LogP contribution in [0, 0.1) is 6.92 Å². The highest BCUT2D eigenvalue weighted by Crippen LogP contribution is 2.26. The number of hydrogen-bond donors (Lipinski definition) is 0. The molecular formula is C12H22ClN3. The zero-order chi connectivity index (χ0) is 12.3. The monoisotopic (exact) mass is 243 g/mol. The number of halogens is 1. The van der Waals surface area contributed by atoms with E-state index in [0.717, 1.165) is 24.2 Å². The number of nitrogens with zero attached hydrogens (tertiary/aromatic N) is 3. The van der Waals surface area contributed by atoms with Crippen LogP contribution in [-0.2, 0) is 12.9 Å². The van der Waals surface area contributed by atoms with Crippen molar-refractivity contribution in [3.05, 3.63) is 11.3 Å². The summed E-state index contributed by atoms with van der Waals surface area (Å²) in [4.78, 5) is 2.37. The molecule has 0 aliphatic heterocycles. The maximum Gasteiger partial charge on any atom is 0.131 e. The molecule has 92 valence electrons. The van der Waals surface area contributed by atoms with E-state index in [0.29, 0.717) is 11.9 Å². The number of rotatable bonds is 5. The Kier molecular flexibility index (Phi) is 4.66. The van der Waals surface area contributed by atoms with Crippen molar-refractivity contribution < 1.29 is 0 Å². The van der Waals surface area contributed by atoms with Crippen LogP contribution in [0.25, 0.3) is 0 Å². The van der Waals surface area contributed by atoms with Crippen LogP contribution < -0.4 is 4.90 Å². The normalized spacial score (nSPS) is 12.9. The molecule has 0 radical (unpaired) electrons. The molecule has 0 amide bonds. The lowest BCUT2D eigenvalue weighted by Gasteiger charge is -2.30. The van der Waals surface area contributed by atoms with Gasteiger partial charge < -0.3 is 4.90 Å². The predicted molar refractivity (Wildman–Crippen MR) is 70.3 cm³/mol. The van der Waals surface area contributed by atoms with Crippen molar-refractivity contribution in [3.63, 3.8) is 0 Å². The zero-order valence-electron chi connectivity index (χ0n) is 10.9. The Bertz CT molecular complexity index is 346. The number of anilines is 1. The van der Waals surface area contributed by atoms with Gasteiger partial charge in [-0.25, -0.2) is 0 Å². The van der Waals surface area contributed by atoms with Crippen LogP contribution in [0.2, 0.25) is 0 Å². The van der Waals surface area contributed by atoms with E-state index in [1.165, 1.54) is 5.82 Å². The Morgan fingerprint density at radius 3 is 2.50 bits per heavy atom. The molecule has 1 atom stereocenters. The Balaban J connectivity index is 3.18. The molecule has 3 nitrogen and oxygen atoms in total. The summed E-state index contributed by atoms with van der Waals surface area (Å²) in [6.45, 7) is 9.62. The number of aromatic nitrogens is 2. The first-order valence-corrected chi connectivity index (χ1v) is 6.45. The fraction of sp³-hybridized carbons (Fsp3) is 0.750. The zero-order valence-corrected chi connectivity index (χ0v) is 11.7. The lowest BCUT2D eigenvalue weighted by molar-refractivity contribution is 0.599. The summed E-state index contributed by atoms with van der Waals surface area (Å²) in [5, 5.41) is 4.46. The number of alkyl halides is 1. The van der Waals surface area contributed by atoms with Crippen LogP contribution in [0.1, 0.15) is 38.4 Å². The van der Waals surface area contributed by atoms with Crippen molar-refractivity contribution in [3.8, 4) is 0 Å². The van der Waals surface area contributed by atoms with Gasteiger partial charge >= 0.3 is 0 Å². The van der Waals surface area contributed by atoms with Gasteiger partial charge in [-0.2, -0.15) is 5.10 Å². The molecule has 0 fully saturated rings. The second-order valence-electron chi connectivity index (χ2n) is 4.19. The number of aryl methyl sites for hydroxylation is 2. The lowest BCUT2D eigenvalue weighted by Crippen LogP contribution is -2.34. The minimum atomic E-state index is 0.516. The van der Waals surface area contributed by atoms with Gasteiger partial charge in [-0.05, 0) is 27.2 Å². The largest absolute Gasteiger partial charge is 0.354 e. The van der Waals surface area contributed by atoms with E-state index in [2.05, 4.69) is 30.8 Å². The van der Waals surface area contributed by atoms with Crippen LogP contribution in [0.5, 0.6) is 0 Å². The minimum Gasteiger partial charge on any atom is -0.354 e. The first-order valence-electron chi connectivity index (χ1n) is 5.91. The van der Waals surface area contributed by atoms with Crippen LogP contribution in [0.3, 0.4) is 0 Å². The molecule has 0 bridgehead atoms. The van der Waals surface area contributed by atoms with Crippen molar-refractivity contribution in [2.45, 2.75) is 46.0 Å². The average molecular weight is 244 g/mol. The fourth-order valence-electron chi connectivity index (χ4n) is 2.10. The summed E-state index contributed by atoms with van der Waals surface area (Å²) in [6, 6.07) is 0.516. The Hall–Kier alpha value is -0.700. The van der Waals surface area contributed by atoms with Gasteiger partial charge in [0.2, 0.25) is 0 Å². The summed E-state index contributed by atoms with van der Waals surface area (Å²) in [5.41, 5.74) is 2.19. The Morgan fingerprint density at radius 2 is 2.06 bits per heavy atom. The fourth-order valence-corrected chi connectivity index (χ4v) is 2.41. The standard InChI is InChI=1S/C12H22ClN3/c1-6-9(3)16(7-2)12-11(8-13)10(4)14-15(12)5/h9H,6-8H2,1-5H3. The lowest BCUT2D eigenvalue weighted by atomic mass is 10.2. The van der Waals surface area contributed by atoms with Crippen molar-refractivity contribution in [2.24, 2.45) is 7.05 Å². The van der Waals surface area contributed by atoms with E-state index in [-0.39, 0.29) is 0 Å². The molecule has 0 aliphatic carbocycles. The molecule has 0 N–H and O–H groups in total. The molecule has 0 saturated heterocycles. The van der Waals surface area contributed by atoms with E-state index in [1.807, 2.05) is 18.7 Å². The molecule has 0 saturated carbocycles. The molecule has 0 aliphatic rings. The summed E-state index contributed by atoms with van der Waals surface area (Å²) in [7, 11) is 1.99. The second kappa shape index (κ2) is 5.58. The van der Waals surface area contributed by atoms with Crippen molar-refractivity contribution >= 4 is 17.4 Å². The van der Waals surface area contributed by atoms with Crippen LogP contribution in [0.15, 0.2) is 0 Å². The van der Waals surface area contributed by atoms with Gasteiger partial charge in [-0.1, -0.05) is 6.92 Å². The number of hydrogen-bond acceptors (Lipinski definition) is 2. The van der Waals surface area contributed by atoms with Gasteiger partial charge in [-0.3, -0.25) is 4.68 Å². The van der Waals surface area contributed by atoms with E-state index in [1.54, 1.807) is 0 Å². The van der Waals surface area contributed by atoms with Gasteiger partial charge in [0.05, 0.1) is 11.6 Å². The first kappa shape index (κ1) is 13.4. The molecule has 4 heteroatoms. The maximum absolute atomic E-state index is 6.02. The predicted octanol–water partition coefficient (Wildman–Crippen LogP) is 3.09. The van der Waals surface area contributed by atoms with Crippen LogP contribution in [0.4, 0.5) is 5.82 Å². The summed E-state index contributed by atoms with van der Waals surface area (Å²) >= 11 is 6.02. The molecule has 1 aromatic rings. The maximum atomic E-state index is 6.02. The van der Waals surface area contributed by atoms with Crippen molar-refractivity contribution in [1.29, 1.82) is 0 Å². The van der Waals surface area contributed by atoms with Crippen LogP contribution >= 0.6 is 11.6 Å². The van der Waals surface area contributed by atoms with Gasteiger partial charge in [0.1, 0.15) is 5.82 Å². The third-order valence-corrected chi connectivity index (χ3v) is 3.45. The highest BCUT2D eigenvalue weighted by Gasteiger charge is 2.20. The van der Waals surface area contributed by atoms with Gasteiger partial charge in [0.25, 0.3) is 0 Å². The molecule has 1 aromatic heterocycles. The molecule has 1 rings (SSSR count). The molecule has 1 heterocycles.